The van der Waals surface area contributed by atoms with Crippen LogP contribution < -0.4 is 9.47 Å². The SMILES string of the molecule is COc1ccc(Cc2c(F)cc(CO)cc2O[C@@H]2O[C@H]([C@@H](C)O)[C@@H](O)[C@H](O)[C@H]2O)cc1F. The van der Waals surface area contributed by atoms with Crippen molar-refractivity contribution in [2.45, 2.75) is 56.8 Å². The van der Waals surface area contributed by atoms with Crippen LogP contribution in [0.2, 0.25) is 0 Å². The molecule has 0 unspecified atom stereocenters. The van der Waals surface area contributed by atoms with Crippen molar-refractivity contribution in [1.82, 2.24) is 0 Å². The summed E-state index contributed by atoms with van der Waals surface area (Å²) in [5.41, 5.74) is 0.545. The number of halogens is 2. The van der Waals surface area contributed by atoms with Crippen molar-refractivity contribution >= 4 is 0 Å². The lowest BCUT2D eigenvalue weighted by Crippen LogP contribution is -2.61. The Morgan fingerprint density at radius 2 is 1.66 bits per heavy atom. The van der Waals surface area contributed by atoms with Gasteiger partial charge in [-0.05, 0) is 42.3 Å². The van der Waals surface area contributed by atoms with E-state index in [0.29, 0.717) is 5.56 Å². The molecule has 0 spiro atoms. The molecule has 0 radical (unpaired) electrons. The van der Waals surface area contributed by atoms with Gasteiger partial charge in [0.05, 0.1) is 19.8 Å². The molecule has 32 heavy (non-hydrogen) atoms. The first kappa shape index (κ1) is 24.3. The molecule has 1 aliphatic heterocycles. The molecule has 1 heterocycles. The largest absolute Gasteiger partial charge is 0.494 e. The molecule has 0 saturated carbocycles. The van der Waals surface area contributed by atoms with Crippen molar-refractivity contribution in [3.8, 4) is 11.5 Å². The van der Waals surface area contributed by atoms with Crippen LogP contribution in [0.5, 0.6) is 11.5 Å². The number of aliphatic hydroxyl groups is 5. The Kier molecular flexibility index (Phi) is 7.65. The van der Waals surface area contributed by atoms with Crippen LogP contribution >= 0.6 is 0 Å². The molecule has 6 atom stereocenters. The summed E-state index contributed by atoms with van der Waals surface area (Å²) in [6.07, 6.45) is -9.14. The highest BCUT2D eigenvalue weighted by Gasteiger charge is 2.46. The zero-order valence-electron chi connectivity index (χ0n) is 17.5. The first-order valence-electron chi connectivity index (χ1n) is 9.95. The van der Waals surface area contributed by atoms with E-state index >= 15 is 0 Å². The Balaban J connectivity index is 1.94. The minimum Gasteiger partial charge on any atom is -0.494 e. The van der Waals surface area contributed by atoms with Crippen molar-refractivity contribution in [2.75, 3.05) is 7.11 Å². The summed E-state index contributed by atoms with van der Waals surface area (Å²) in [7, 11) is 1.32. The van der Waals surface area contributed by atoms with E-state index in [2.05, 4.69) is 0 Å². The monoisotopic (exact) mass is 456 g/mol. The van der Waals surface area contributed by atoms with Gasteiger partial charge in [0.25, 0.3) is 0 Å². The van der Waals surface area contributed by atoms with Crippen molar-refractivity contribution in [2.24, 2.45) is 0 Å². The van der Waals surface area contributed by atoms with Crippen LogP contribution in [0.1, 0.15) is 23.6 Å². The molecule has 0 amide bonds. The third-order valence-corrected chi connectivity index (χ3v) is 5.32. The highest BCUT2D eigenvalue weighted by Crippen LogP contribution is 2.32. The normalized spacial score (nSPS) is 26.6. The molecule has 8 nitrogen and oxygen atoms in total. The van der Waals surface area contributed by atoms with Gasteiger partial charge in [-0.3, -0.25) is 0 Å². The molecule has 5 N–H and O–H groups in total. The van der Waals surface area contributed by atoms with Gasteiger partial charge in [0.2, 0.25) is 6.29 Å². The summed E-state index contributed by atoms with van der Waals surface area (Å²) >= 11 is 0. The van der Waals surface area contributed by atoms with Crippen LogP contribution in [0.15, 0.2) is 30.3 Å². The zero-order valence-corrected chi connectivity index (χ0v) is 17.5. The van der Waals surface area contributed by atoms with E-state index in [1.54, 1.807) is 6.07 Å². The lowest BCUT2D eigenvalue weighted by Gasteiger charge is -2.41. The quantitative estimate of drug-likeness (QED) is 0.410. The molecule has 176 valence electrons. The van der Waals surface area contributed by atoms with Crippen molar-refractivity contribution in [1.29, 1.82) is 0 Å². The van der Waals surface area contributed by atoms with Gasteiger partial charge in [-0.1, -0.05) is 6.07 Å². The van der Waals surface area contributed by atoms with Crippen LogP contribution in [-0.4, -0.2) is 69.5 Å². The predicted octanol–water partition coefficient (Wildman–Crippen LogP) is 0.624. The minimum atomic E-state index is -1.72. The summed E-state index contributed by atoms with van der Waals surface area (Å²) in [5.74, 6) is -1.48. The van der Waals surface area contributed by atoms with Crippen LogP contribution in [0.4, 0.5) is 8.78 Å². The van der Waals surface area contributed by atoms with Gasteiger partial charge in [-0.25, -0.2) is 8.78 Å². The molecular formula is C22H26F2O8. The number of rotatable bonds is 7. The summed E-state index contributed by atoms with van der Waals surface area (Å²) < 4.78 is 44.9. The molecule has 0 aromatic heterocycles. The topological polar surface area (TPSA) is 129 Å². The third kappa shape index (κ3) is 5.01. The second-order valence-electron chi connectivity index (χ2n) is 7.66. The highest BCUT2D eigenvalue weighted by atomic mass is 19.1. The maximum atomic E-state index is 14.9. The van der Waals surface area contributed by atoms with Crippen LogP contribution in [0.25, 0.3) is 0 Å². The smallest absolute Gasteiger partial charge is 0.229 e. The molecule has 2 aromatic carbocycles. The second kappa shape index (κ2) is 10.1. The van der Waals surface area contributed by atoms with E-state index in [0.717, 1.165) is 6.07 Å². The standard InChI is InChI=1S/C22H26F2O8/c1-10(26)21-19(28)18(27)20(29)22(32-21)31-17-8-12(9-25)7-14(23)13(17)5-11-3-4-16(30-2)15(24)6-11/h3-4,6-8,10,18-22,25-29H,5,9H2,1-2H3/t10-,18+,19+,20-,21-,22-/m1/s1. The van der Waals surface area contributed by atoms with E-state index < -0.39 is 55.1 Å². The average Bonchev–Trinajstić information content (AvgIpc) is 2.75. The number of hydrogen-bond acceptors (Lipinski definition) is 8. The van der Waals surface area contributed by atoms with Gasteiger partial charge in [0, 0.05) is 12.0 Å². The fourth-order valence-corrected chi connectivity index (χ4v) is 3.55. The number of aliphatic hydroxyl groups excluding tert-OH is 5. The number of benzene rings is 2. The lowest BCUT2D eigenvalue weighted by molar-refractivity contribution is -0.286. The van der Waals surface area contributed by atoms with Crippen LogP contribution in [0, 0.1) is 11.6 Å². The van der Waals surface area contributed by atoms with Crippen LogP contribution in [-0.2, 0) is 17.8 Å². The summed E-state index contributed by atoms with van der Waals surface area (Å²) in [6.45, 7) is 0.821. The van der Waals surface area contributed by atoms with E-state index in [4.69, 9.17) is 14.2 Å². The average molecular weight is 456 g/mol. The van der Waals surface area contributed by atoms with Crippen molar-refractivity contribution in [3.63, 3.8) is 0 Å². The van der Waals surface area contributed by atoms with Crippen LogP contribution in [0.3, 0.4) is 0 Å². The summed E-state index contributed by atoms with van der Waals surface area (Å²) in [4.78, 5) is 0. The molecule has 0 aliphatic carbocycles. The van der Waals surface area contributed by atoms with E-state index in [9.17, 15) is 34.3 Å². The highest BCUT2D eigenvalue weighted by molar-refractivity contribution is 5.43. The third-order valence-electron chi connectivity index (χ3n) is 5.32. The molecule has 0 bridgehead atoms. The van der Waals surface area contributed by atoms with Gasteiger partial charge >= 0.3 is 0 Å². The lowest BCUT2D eigenvalue weighted by atomic mass is 9.96. The maximum absolute atomic E-state index is 14.9. The van der Waals surface area contributed by atoms with Crippen molar-refractivity contribution in [3.05, 3.63) is 58.7 Å². The molecule has 1 saturated heterocycles. The molecule has 10 heteroatoms. The fourth-order valence-electron chi connectivity index (χ4n) is 3.55. The summed E-state index contributed by atoms with van der Waals surface area (Å²) in [5, 5.41) is 49.7. The molecule has 1 fully saturated rings. The van der Waals surface area contributed by atoms with Gasteiger partial charge in [-0.15, -0.1) is 0 Å². The Morgan fingerprint density at radius 1 is 0.969 bits per heavy atom. The molecular weight excluding hydrogens is 430 g/mol. The maximum Gasteiger partial charge on any atom is 0.229 e. The molecule has 3 rings (SSSR count). The first-order valence-corrected chi connectivity index (χ1v) is 9.95. The Hall–Kier alpha value is -2.34. The number of ether oxygens (including phenoxy) is 3. The van der Waals surface area contributed by atoms with E-state index in [-0.39, 0.29) is 29.0 Å². The van der Waals surface area contributed by atoms with Gasteiger partial charge in [0.1, 0.15) is 36.0 Å². The number of hydrogen-bond donors (Lipinski definition) is 5. The molecule has 2 aromatic rings. The van der Waals surface area contributed by atoms with Crippen molar-refractivity contribution < 1.29 is 48.5 Å². The second-order valence-corrected chi connectivity index (χ2v) is 7.66. The Bertz CT molecular complexity index is 938. The Labute approximate surface area is 183 Å². The van der Waals surface area contributed by atoms with E-state index in [1.165, 1.54) is 32.2 Å². The zero-order chi connectivity index (χ0) is 23.6. The van der Waals surface area contributed by atoms with Gasteiger partial charge < -0.3 is 39.7 Å². The summed E-state index contributed by atoms with van der Waals surface area (Å²) in [6, 6.07) is 6.53. The number of methoxy groups -OCH3 is 1. The Morgan fingerprint density at radius 3 is 2.25 bits per heavy atom. The minimum absolute atomic E-state index is 0.0169. The molecule has 1 aliphatic rings. The van der Waals surface area contributed by atoms with Gasteiger partial charge in [0.15, 0.2) is 11.6 Å². The van der Waals surface area contributed by atoms with E-state index in [1.807, 2.05) is 0 Å². The van der Waals surface area contributed by atoms with Gasteiger partial charge in [-0.2, -0.15) is 0 Å². The fraction of sp³-hybridized carbons (Fsp3) is 0.455. The first-order chi connectivity index (χ1) is 15.2. The predicted molar refractivity (Wildman–Crippen MR) is 107 cm³/mol.